The van der Waals surface area contributed by atoms with E-state index in [4.69, 9.17) is 9.47 Å². The Morgan fingerprint density at radius 3 is 2.30 bits per heavy atom. The lowest BCUT2D eigenvalue weighted by Gasteiger charge is -2.18. The summed E-state index contributed by atoms with van der Waals surface area (Å²) in [5.74, 6) is -0.407. The standard InChI is InChI=1S/C17H17F2NO3/c1-22-14-9-7-13(8-10-14)20-15(16(18)19)17(21)23-11-12-5-3-2-4-6-12/h2-10,15-16,20H,11H2,1H3/t15-/m1/s1. The van der Waals surface area contributed by atoms with Crippen molar-refractivity contribution in [3.05, 3.63) is 60.2 Å². The van der Waals surface area contributed by atoms with Crippen LogP contribution >= 0.6 is 0 Å². The van der Waals surface area contributed by atoms with Gasteiger partial charge in [-0.05, 0) is 29.8 Å². The Hall–Kier alpha value is -2.63. The maximum absolute atomic E-state index is 13.1. The minimum absolute atomic E-state index is 0.0484. The molecular weight excluding hydrogens is 304 g/mol. The van der Waals surface area contributed by atoms with E-state index in [2.05, 4.69) is 5.32 Å². The second kappa shape index (κ2) is 8.12. The normalized spacial score (nSPS) is 11.8. The summed E-state index contributed by atoms with van der Waals surface area (Å²) in [4.78, 5) is 11.9. The van der Waals surface area contributed by atoms with E-state index >= 15 is 0 Å². The zero-order valence-electron chi connectivity index (χ0n) is 12.5. The first-order valence-corrected chi connectivity index (χ1v) is 6.99. The molecule has 2 aromatic rings. The van der Waals surface area contributed by atoms with Gasteiger partial charge in [0.1, 0.15) is 12.4 Å². The Bertz CT molecular complexity index is 617. The molecule has 0 saturated carbocycles. The molecule has 4 nitrogen and oxygen atoms in total. The number of carbonyl (C=O) groups excluding carboxylic acids is 1. The molecular formula is C17H17F2NO3. The topological polar surface area (TPSA) is 47.6 Å². The van der Waals surface area contributed by atoms with Crippen LogP contribution in [0.5, 0.6) is 5.75 Å². The molecule has 0 aliphatic rings. The van der Waals surface area contributed by atoms with E-state index in [9.17, 15) is 13.6 Å². The molecule has 1 atom stereocenters. The first kappa shape index (κ1) is 16.7. The van der Waals surface area contributed by atoms with Gasteiger partial charge in [-0.3, -0.25) is 0 Å². The van der Waals surface area contributed by atoms with Crippen molar-refractivity contribution in [2.24, 2.45) is 0 Å². The molecule has 0 fully saturated rings. The van der Waals surface area contributed by atoms with Gasteiger partial charge in [0.15, 0.2) is 6.04 Å². The lowest BCUT2D eigenvalue weighted by Crippen LogP contribution is -2.37. The van der Waals surface area contributed by atoms with Crippen molar-refractivity contribution in [2.75, 3.05) is 12.4 Å². The molecule has 0 heterocycles. The second-order valence-electron chi connectivity index (χ2n) is 4.78. The molecule has 0 unspecified atom stereocenters. The fourth-order valence-electron chi connectivity index (χ4n) is 1.91. The second-order valence-corrected chi connectivity index (χ2v) is 4.78. The van der Waals surface area contributed by atoms with Crippen LogP contribution in [-0.4, -0.2) is 25.5 Å². The largest absolute Gasteiger partial charge is 0.497 e. The third kappa shape index (κ3) is 4.95. The van der Waals surface area contributed by atoms with Crippen LogP contribution in [0, 0.1) is 0 Å². The van der Waals surface area contributed by atoms with Gasteiger partial charge in [0.2, 0.25) is 0 Å². The van der Waals surface area contributed by atoms with Crippen molar-refractivity contribution in [2.45, 2.75) is 19.1 Å². The molecule has 0 aromatic heterocycles. The Balaban J connectivity index is 1.97. The monoisotopic (exact) mass is 321 g/mol. The van der Waals surface area contributed by atoms with Crippen LogP contribution in [0.25, 0.3) is 0 Å². The number of alkyl halides is 2. The highest BCUT2D eigenvalue weighted by molar-refractivity contribution is 5.80. The summed E-state index contributed by atoms with van der Waals surface area (Å²) in [5, 5.41) is 2.49. The molecule has 0 aliphatic carbocycles. The molecule has 1 N–H and O–H groups in total. The van der Waals surface area contributed by atoms with E-state index in [-0.39, 0.29) is 6.61 Å². The number of hydrogen-bond donors (Lipinski definition) is 1. The molecule has 0 spiro atoms. The predicted molar refractivity (Wildman–Crippen MR) is 82.6 cm³/mol. The average molecular weight is 321 g/mol. The van der Waals surface area contributed by atoms with Gasteiger partial charge < -0.3 is 14.8 Å². The number of halogens is 2. The third-order valence-electron chi connectivity index (χ3n) is 3.14. The first-order valence-electron chi connectivity index (χ1n) is 6.99. The maximum atomic E-state index is 13.1. The van der Waals surface area contributed by atoms with E-state index < -0.39 is 18.4 Å². The predicted octanol–water partition coefficient (Wildman–Crippen LogP) is 3.48. The fraction of sp³-hybridized carbons (Fsp3) is 0.235. The number of rotatable bonds is 7. The van der Waals surface area contributed by atoms with Crippen LogP contribution in [-0.2, 0) is 16.1 Å². The Kier molecular flexibility index (Phi) is 5.91. The summed E-state index contributed by atoms with van der Waals surface area (Å²) in [5.41, 5.74) is 1.12. The van der Waals surface area contributed by atoms with Gasteiger partial charge in [0.25, 0.3) is 6.43 Å². The number of benzene rings is 2. The van der Waals surface area contributed by atoms with Crippen LogP contribution in [0.3, 0.4) is 0 Å². The molecule has 0 radical (unpaired) electrons. The fourth-order valence-corrected chi connectivity index (χ4v) is 1.91. The summed E-state index contributed by atoms with van der Waals surface area (Å²) in [6, 6.07) is 13.5. The van der Waals surface area contributed by atoms with E-state index in [0.29, 0.717) is 11.4 Å². The average Bonchev–Trinajstić information content (AvgIpc) is 2.58. The van der Waals surface area contributed by atoms with Crippen LogP contribution < -0.4 is 10.1 Å². The highest BCUT2D eigenvalue weighted by Crippen LogP contribution is 2.18. The Morgan fingerprint density at radius 2 is 1.74 bits per heavy atom. The third-order valence-corrected chi connectivity index (χ3v) is 3.14. The molecule has 0 amide bonds. The number of methoxy groups -OCH3 is 1. The summed E-state index contributed by atoms with van der Waals surface area (Å²) in [7, 11) is 1.51. The van der Waals surface area contributed by atoms with Gasteiger partial charge in [-0.1, -0.05) is 30.3 Å². The number of ether oxygens (including phenoxy) is 2. The summed E-state index contributed by atoms with van der Waals surface area (Å²) < 4.78 is 36.2. The highest BCUT2D eigenvalue weighted by Gasteiger charge is 2.29. The van der Waals surface area contributed by atoms with Crippen molar-refractivity contribution >= 4 is 11.7 Å². The maximum Gasteiger partial charge on any atom is 0.334 e. The zero-order valence-corrected chi connectivity index (χ0v) is 12.5. The Labute approximate surface area is 133 Å². The number of nitrogens with one attached hydrogen (secondary N) is 1. The van der Waals surface area contributed by atoms with Crippen LogP contribution in [0.4, 0.5) is 14.5 Å². The van der Waals surface area contributed by atoms with Crippen molar-refractivity contribution in [3.8, 4) is 5.75 Å². The number of esters is 1. The minimum Gasteiger partial charge on any atom is -0.497 e. The lowest BCUT2D eigenvalue weighted by atomic mass is 10.2. The van der Waals surface area contributed by atoms with Crippen molar-refractivity contribution in [1.29, 1.82) is 0 Å². The molecule has 0 bridgehead atoms. The number of hydrogen-bond acceptors (Lipinski definition) is 4. The molecule has 23 heavy (non-hydrogen) atoms. The van der Waals surface area contributed by atoms with Gasteiger partial charge in [-0.25, -0.2) is 13.6 Å². The lowest BCUT2D eigenvalue weighted by molar-refractivity contribution is -0.149. The van der Waals surface area contributed by atoms with E-state index in [1.54, 1.807) is 48.5 Å². The minimum atomic E-state index is -2.89. The molecule has 2 rings (SSSR count). The summed E-state index contributed by atoms with van der Waals surface area (Å²) in [6.07, 6.45) is -2.89. The quantitative estimate of drug-likeness (QED) is 0.793. The van der Waals surface area contributed by atoms with E-state index in [1.807, 2.05) is 6.07 Å². The molecule has 0 saturated heterocycles. The smallest absolute Gasteiger partial charge is 0.334 e. The molecule has 122 valence electrons. The number of carbonyl (C=O) groups is 1. The van der Waals surface area contributed by atoms with E-state index in [0.717, 1.165) is 5.56 Å². The van der Waals surface area contributed by atoms with Gasteiger partial charge in [0, 0.05) is 5.69 Å². The van der Waals surface area contributed by atoms with Crippen molar-refractivity contribution in [3.63, 3.8) is 0 Å². The van der Waals surface area contributed by atoms with Gasteiger partial charge in [0.05, 0.1) is 7.11 Å². The van der Waals surface area contributed by atoms with Crippen LogP contribution in [0.2, 0.25) is 0 Å². The number of anilines is 1. The molecule has 6 heteroatoms. The van der Waals surface area contributed by atoms with Crippen LogP contribution in [0.1, 0.15) is 5.56 Å². The SMILES string of the molecule is COc1ccc(N[C@@H](C(=O)OCc2ccccc2)C(F)F)cc1. The van der Waals surface area contributed by atoms with Crippen LogP contribution in [0.15, 0.2) is 54.6 Å². The van der Waals surface area contributed by atoms with Gasteiger partial charge >= 0.3 is 5.97 Å². The summed E-state index contributed by atoms with van der Waals surface area (Å²) >= 11 is 0. The highest BCUT2D eigenvalue weighted by atomic mass is 19.3. The first-order chi connectivity index (χ1) is 11.1. The van der Waals surface area contributed by atoms with Gasteiger partial charge in [-0.15, -0.1) is 0 Å². The van der Waals surface area contributed by atoms with Crippen molar-refractivity contribution < 1.29 is 23.0 Å². The molecule has 2 aromatic carbocycles. The van der Waals surface area contributed by atoms with Gasteiger partial charge in [-0.2, -0.15) is 0 Å². The summed E-state index contributed by atoms with van der Waals surface area (Å²) in [6.45, 7) is -0.0484. The Morgan fingerprint density at radius 1 is 1.09 bits per heavy atom. The zero-order chi connectivity index (χ0) is 16.7. The molecule has 0 aliphatic heterocycles. The van der Waals surface area contributed by atoms with Crippen molar-refractivity contribution in [1.82, 2.24) is 0 Å². The van der Waals surface area contributed by atoms with E-state index in [1.165, 1.54) is 7.11 Å².